The van der Waals surface area contributed by atoms with Crippen LogP contribution in [0.5, 0.6) is 0 Å². The third kappa shape index (κ3) is 5.21. The zero-order valence-electron chi connectivity index (χ0n) is 16.3. The zero-order chi connectivity index (χ0) is 19.3. The molecule has 0 radical (unpaired) electrons. The fourth-order valence-corrected chi connectivity index (χ4v) is 2.86. The van der Waals surface area contributed by atoms with Crippen molar-refractivity contribution in [1.29, 1.82) is 0 Å². The molecule has 0 aromatic carbocycles. The van der Waals surface area contributed by atoms with Gasteiger partial charge in [-0.25, -0.2) is 4.79 Å². The van der Waals surface area contributed by atoms with Crippen molar-refractivity contribution in [1.82, 2.24) is 9.55 Å². The summed E-state index contributed by atoms with van der Waals surface area (Å²) in [5.41, 5.74) is 5.10. The summed E-state index contributed by atoms with van der Waals surface area (Å²) in [6.45, 7) is 12.5. The van der Waals surface area contributed by atoms with Gasteiger partial charge in [-0.1, -0.05) is 48.0 Å². The molecule has 1 aromatic heterocycles. The van der Waals surface area contributed by atoms with Crippen molar-refractivity contribution in [3.63, 3.8) is 0 Å². The van der Waals surface area contributed by atoms with Crippen LogP contribution in [-0.4, -0.2) is 22.0 Å². The minimum atomic E-state index is -0.611. The molecule has 0 bridgehead atoms. The number of nitrogen functional groups attached to an aromatic ring is 1. The van der Waals surface area contributed by atoms with Crippen LogP contribution in [0.3, 0.4) is 0 Å². The van der Waals surface area contributed by atoms with E-state index in [9.17, 15) is 14.4 Å². The van der Waals surface area contributed by atoms with Crippen LogP contribution in [0.15, 0.2) is 9.59 Å². The van der Waals surface area contributed by atoms with E-state index in [1.807, 2.05) is 41.5 Å². The third-order valence-corrected chi connectivity index (χ3v) is 3.99. The van der Waals surface area contributed by atoms with Gasteiger partial charge >= 0.3 is 5.69 Å². The normalized spacial score (nSPS) is 12.6. The molecule has 3 N–H and O–H groups in total. The van der Waals surface area contributed by atoms with Gasteiger partial charge in [0.15, 0.2) is 5.69 Å². The number of aromatic amines is 1. The highest BCUT2D eigenvalue weighted by atomic mass is 16.2. The smallest absolute Gasteiger partial charge is 0.330 e. The Morgan fingerprint density at radius 2 is 1.76 bits per heavy atom. The van der Waals surface area contributed by atoms with E-state index in [1.165, 1.54) is 9.47 Å². The van der Waals surface area contributed by atoms with Gasteiger partial charge in [-0.15, -0.1) is 0 Å². The van der Waals surface area contributed by atoms with Crippen molar-refractivity contribution in [3.05, 3.63) is 20.8 Å². The van der Waals surface area contributed by atoms with Crippen LogP contribution in [0.4, 0.5) is 11.5 Å². The molecule has 1 atom stereocenters. The van der Waals surface area contributed by atoms with Crippen LogP contribution in [0.1, 0.15) is 54.4 Å². The Kier molecular flexibility index (Phi) is 7.45. The number of nitrogens with one attached hydrogen (secondary N) is 1. The second-order valence-corrected chi connectivity index (χ2v) is 7.53. The van der Waals surface area contributed by atoms with Crippen LogP contribution >= 0.6 is 0 Å². The van der Waals surface area contributed by atoms with E-state index in [-0.39, 0.29) is 35.2 Å². The van der Waals surface area contributed by atoms with Gasteiger partial charge in [0.25, 0.3) is 5.56 Å². The van der Waals surface area contributed by atoms with Crippen LogP contribution in [-0.2, 0) is 11.3 Å². The van der Waals surface area contributed by atoms with E-state index in [0.29, 0.717) is 13.1 Å². The molecule has 0 fully saturated rings. The van der Waals surface area contributed by atoms with Crippen molar-refractivity contribution >= 4 is 17.4 Å². The van der Waals surface area contributed by atoms with Crippen molar-refractivity contribution in [2.75, 3.05) is 17.2 Å². The molecule has 7 nitrogen and oxygen atoms in total. The minimum absolute atomic E-state index is 0.0557. The number of nitrogens with zero attached hydrogens (tertiary/aromatic N) is 2. The second kappa shape index (κ2) is 8.87. The summed E-state index contributed by atoms with van der Waals surface area (Å²) < 4.78 is 1.34. The molecule has 25 heavy (non-hydrogen) atoms. The van der Waals surface area contributed by atoms with E-state index >= 15 is 0 Å². The summed E-state index contributed by atoms with van der Waals surface area (Å²) in [6, 6.07) is 0. The predicted molar refractivity (Wildman–Crippen MR) is 102 cm³/mol. The van der Waals surface area contributed by atoms with E-state index in [4.69, 9.17) is 5.73 Å². The maximum atomic E-state index is 12.9. The lowest BCUT2D eigenvalue weighted by Crippen LogP contribution is -2.44. The van der Waals surface area contributed by atoms with Gasteiger partial charge in [0.2, 0.25) is 5.91 Å². The second-order valence-electron chi connectivity index (χ2n) is 7.53. The lowest BCUT2D eigenvalue weighted by Gasteiger charge is -2.28. The lowest BCUT2D eigenvalue weighted by molar-refractivity contribution is -0.122. The van der Waals surface area contributed by atoms with E-state index in [0.717, 1.165) is 12.8 Å². The Labute approximate surface area is 149 Å². The number of H-pyrrole nitrogens is 1. The standard InChI is InChI=1S/C18H32N4O3/c1-7-8-13(6)17(24)21(9-11(2)3)14-15(19)22(10-12(4)5)18(25)20-16(14)23/h11-13H,7-10,19H2,1-6H3,(H,20,23,25). The molecular weight excluding hydrogens is 320 g/mol. The molecule has 1 unspecified atom stereocenters. The molecular formula is C18H32N4O3. The summed E-state index contributed by atoms with van der Waals surface area (Å²) >= 11 is 0. The molecule has 0 aliphatic carbocycles. The summed E-state index contributed by atoms with van der Waals surface area (Å²) in [5.74, 6) is 0.0322. The van der Waals surface area contributed by atoms with Gasteiger partial charge in [-0.05, 0) is 18.3 Å². The lowest BCUT2D eigenvalue weighted by atomic mass is 10.0. The number of nitrogens with two attached hydrogens (primary N) is 1. The maximum Gasteiger partial charge on any atom is 0.330 e. The van der Waals surface area contributed by atoms with Gasteiger partial charge in [0, 0.05) is 19.0 Å². The third-order valence-electron chi connectivity index (χ3n) is 3.99. The molecule has 0 saturated carbocycles. The van der Waals surface area contributed by atoms with Gasteiger partial charge in [0.1, 0.15) is 5.82 Å². The summed E-state index contributed by atoms with van der Waals surface area (Å²) in [7, 11) is 0. The van der Waals surface area contributed by atoms with Crippen molar-refractivity contribution in [3.8, 4) is 0 Å². The first-order valence-electron chi connectivity index (χ1n) is 9.04. The van der Waals surface area contributed by atoms with E-state index in [1.54, 1.807) is 0 Å². The monoisotopic (exact) mass is 352 g/mol. The Morgan fingerprint density at radius 3 is 2.24 bits per heavy atom. The molecule has 142 valence electrons. The fraction of sp³-hybridized carbons (Fsp3) is 0.722. The van der Waals surface area contributed by atoms with Gasteiger partial charge in [0.05, 0.1) is 0 Å². The highest BCUT2D eigenvalue weighted by Crippen LogP contribution is 2.22. The van der Waals surface area contributed by atoms with Crippen molar-refractivity contribution in [2.45, 2.75) is 60.9 Å². The summed E-state index contributed by atoms with van der Waals surface area (Å²) in [6.07, 6.45) is 1.61. The van der Waals surface area contributed by atoms with E-state index < -0.39 is 11.2 Å². The summed E-state index contributed by atoms with van der Waals surface area (Å²) in [4.78, 5) is 41.3. The SMILES string of the molecule is CCCC(C)C(=O)N(CC(C)C)c1c(N)n(CC(C)C)c(=O)[nH]c1=O. The predicted octanol–water partition coefficient (Wildman–Crippen LogP) is 2.20. The average molecular weight is 352 g/mol. The molecule has 0 aliphatic rings. The Balaban J connectivity index is 3.51. The molecule has 1 rings (SSSR count). The Bertz CT molecular complexity index is 703. The van der Waals surface area contributed by atoms with E-state index in [2.05, 4.69) is 4.98 Å². The van der Waals surface area contributed by atoms with Crippen molar-refractivity contribution < 1.29 is 4.79 Å². The van der Waals surface area contributed by atoms with Crippen LogP contribution in [0.25, 0.3) is 0 Å². The molecule has 0 spiro atoms. The van der Waals surface area contributed by atoms with Crippen LogP contribution in [0, 0.1) is 17.8 Å². The minimum Gasteiger partial charge on any atom is -0.383 e. The summed E-state index contributed by atoms with van der Waals surface area (Å²) in [5, 5.41) is 0. The average Bonchev–Trinajstić information content (AvgIpc) is 2.49. The highest BCUT2D eigenvalue weighted by Gasteiger charge is 2.27. The first-order chi connectivity index (χ1) is 11.6. The van der Waals surface area contributed by atoms with Gasteiger partial charge in [-0.2, -0.15) is 0 Å². The molecule has 0 aliphatic heterocycles. The number of aromatic nitrogens is 2. The molecule has 0 saturated heterocycles. The first-order valence-corrected chi connectivity index (χ1v) is 9.04. The van der Waals surface area contributed by atoms with Gasteiger partial charge in [-0.3, -0.25) is 19.1 Å². The first kappa shape index (κ1) is 21.0. The number of hydrogen-bond acceptors (Lipinski definition) is 4. The van der Waals surface area contributed by atoms with Gasteiger partial charge < -0.3 is 10.6 Å². The molecule has 1 amide bonds. The van der Waals surface area contributed by atoms with Crippen LogP contribution in [0.2, 0.25) is 0 Å². The number of rotatable bonds is 8. The molecule has 7 heteroatoms. The maximum absolute atomic E-state index is 12.9. The molecule has 1 heterocycles. The zero-order valence-corrected chi connectivity index (χ0v) is 16.3. The number of carbonyl (C=O) groups excluding carboxylic acids is 1. The molecule has 1 aromatic rings. The topological polar surface area (TPSA) is 101 Å². The fourth-order valence-electron chi connectivity index (χ4n) is 2.86. The number of amides is 1. The number of carbonyl (C=O) groups is 1. The Morgan fingerprint density at radius 1 is 1.16 bits per heavy atom. The largest absolute Gasteiger partial charge is 0.383 e. The number of anilines is 2. The highest BCUT2D eigenvalue weighted by molar-refractivity contribution is 5.96. The van der Waals surface area contributed by atoms with Crippen molar-refractivity contribution in [2.24, 2.45) is 17.8 Å². The van der Waals surface area contributed by atoms with Crippen LogP contribution < -0.4 is 21.9 Å². The Hall–Kier alpha value is -2.05. The quantitative estimate of drug-likeness (QED) is 0.749. The number of hydrogen-bond donors (Lipinski definition) is 2.